The molecule has 0 bridgehead atoms. The number of aromatic hydroxyl groups is 1. The molecule has 2 aliphatic rings. The van der Waals surface area contributed by atoms with Crippen LogP contribution >= 0.6 is 11.3 Å². The van der Waals surface area contributed by atoms with Crippen molar-refractivity contribution in [2.45, 2.75) is 77.7 Å². The standard InChI is InChI=1S/C25H32O2S/c1-5-6-7-9-17-15-20-23(24(26)22(17)21-10-8-13-28-21)18-14-16(2)11-12-19(18)25(3,4)27-20/h8,10,13-15,18-19,26H,5-7,9,11-12H2,1-4H3. The second kappa shape index (κ2) is 7.59. The van der Waals surface area contributed by atoms with Crippen LogP contribution in [0.2, 0.25) is 0 Å². The Morgan fingerprint density at radius 1 is 1.29 bits per heavy atom. The van der Waals surface area contributed by atoms with Gasteiger partial charge in [-0.25, -0.2) is 0 Å². The van der Waals surface area contributed by atoms with Gasteiger partial charge in [-0.15, -0.1) is 11.3 Å². The summed E-state index contributed by atoms with van der Waals surface area (Å²) < 4.78 is 6.54. The molecule has 2 nitrogen and oxygen atoms in total. The topological polar surface area (TPSA) is 29.5 Å². The number of phenolic OH excluding ortho intramolecular Hbond substituents is 1. The van der Waals surface area contributed by atoms with Gasteiger partial charge in [0.05, 0.1) is 0 Å². The molecule has 0 radical (unpaired) electrons. The van der Waals surface area contributed by atoms with Crippen LogP contribution in [0.4, 0.5) is 0 Å². The van der Waals surface area contributed by atoms with E-state index in [0.29, 0.717) is 11.7 Å². The van der Waals surface area contributed by atoms with Gasteiger partial charge in [0.2, 0.25) is 0 Å². The minimum atomic E-state index is -0.216. The lowest BCUT2D eigenvalue weighted by molar-refractivity contribution is 0.0108. The summed E-state index contributed by atoms with van der Waals surface area (Å²) in [6.45, 7) is 8.87. The lowest BCUT2D eigenvalue weighted by atomic mass is 9.67. The molecule has 2 atom stereocenters. The molecule has 0 fully saturated rings. The molecule has 1 aromatic carbocycles. The maximum atomic E-state index is 11.5. The highest BCUT2D eigenvalue weighted by molar-refractivity contribution is 7.13. The first-order chi connectivity index (χ1) is 13.4. The zero-order valence-electron chi connectivity index (χ0n) is 17.5. The van der Waals surface area contributed by atoms with E-state index in [4.69, 9.17) is 4.74 Å². The van der Waals surface area contributed by atoms with Gasteiger partial charge < -0.3 is 9.84 Å². The number of benzene rings is 1. The maximum Gasteiger partial charge on any atom is 0.132 e. The van der Waals surface area contributed by atoms with E-state index in [2.05, 4.69) is 57.4 Å². The lowest BCUT2D eigenvalue weighted by Gasteiger charge is -2.46. The molecular formula is C25H32O2S. The number of ether oxygens (including phenoxy) is 1. The molecule has 150 valence electrons. The fraction of sp³-hybridized carbons (Fsp3) is 0.520. The molecule has 28 heavy (non-hydrogen) atoms. The van der Waals surface area contributed by atoms with Gasteiger partial charge in [0.25, 0.3) is 0 Å². The van der Waals surface area contributed by atoms with Gasteiger partial charge in [-0.3, -0.25) is 0 Å². The van der Waals surface area contributed by atoms with Crippen LogP contribution in [-0.2, 0) is 6.42 Å². The van der Waals surface area contributed by atoms with Gasteiger partial charge in [0, 0.05) is 27.8 Å². The van der Waals surface area contributed by atoms with Crippen molar-refractivity contribution in [1.29, 1.82) is 0 Å². The Morgan fingerprint density at radius 3 is 2.82 bits per heavy atom. The Labute approximate surface area is 173 Å². The first-order valence-corrected chi connectivity index (χ1v) is 11.6. The predicted molar refractivity (Wildman–Crippen MR) is 119 cm³/mol. The monoisotopic (exact) mass is 396 g/mol. The summed E-state index contributed by atoms with van der Waals surface area (Å²) in [7, 11) is 0. The SMILES string of the molecule is CCCCCc1cc2c(c(O)c1-c1cccs1)C1C=C(C)CCC1C(C)(C)O2. The van der Waals surface area contributed by atoms with Crippen molar-refractivity contribution in [2.75, 3.05) is 0 Å². The van der Waals surface area contributed by atoms with Crippen LogP contribution in [0.3, 0.4) is 0 Å². The number of fused-ring (bicyclic) bond motifs is 3. The average molecular weight is 397 g/mol. The zero-order valence-corrected chi connectivity index (χ0v) is 18.4. The molecule has 1 aromatic heterocycles. The summed E-state index contributed by atoms with van der Waals surface area (Å²) in [5.41, 5.74) is 4.47. The predicted octanol–water partition coefficient (Wildman–Crippen LogP) is 7.46. The number of unbranched alkanes of at least 4 members (excludes halogenated alkanes) is 2. The molecule has 4 rings (SSSR count). The molecular weight excluding hydrogens is 364 g/mol. The number of aryl methyl sites for hydroxylation is 1. The molecule has 0 amide bonds. The largest absolute Gasteiger partial charge is 0.507 e. The summed E-state index contributed by atoms with van der Waals surface area (Å²) in [6.07, 6.45) is 9.15. The van der Waals surface area contributed by atoms with Crippen LogP contribution in [0.25, 0.3) is 10.4 Å². The molecule has 1 aliphatic heterocycles. The van der Waals surface area contributed by atoms with Crippen molar-refractivity contribution in [3.8, 4) is 21.9 Å². The van der Waals surface area contributed by atoms with E-state index in [1.54, 1.807) is 11.3 Å². The highest BCUT2D eigenvalue weighted by atomic mass is 32.1. The Kier molecular flexibility index (Phi) is 5.30. The third kappa shape index (κ3) is 3.39. The second-order valence-corrected chi connectivity index (χ2v) is 9.94. The quantitative estimate of drug-likeness (QED) is 0.420. The van der Waals surface area contributed by atoms with Gasteiger partial charge in [-0.1, -0.05) is 37.5 Å². The summed E-state index contributed by atoms with van der Waals surface area (Å²) in [6, 6.07) is 6.43. The lowest BCUT2D eigenvalue weighted by Crippen LogP contribution is -2.45. The van der Waals surface area contributed by atoms with Crippen LogP contribution in [-0.4, -0.2) is 10.7 Å². The third-order valence-electron chi connectivity index (χ3n) is 6.55. The minimum Gasteiger partial charge on any atom is -0.507 e. The van der Waals surface area contributed by atoms with E-state index in [-0.39, 0.29) is 11.5 Å². The summed E-state index contributed by atoms with van der Waals surface area (Å²) in [4.78, 5) is 1.16. The summed E-state index contributed by atoms with van der Waals surface area (Å²) in [5.74, 6) is 1.97. The normalized spacial score (nSPS) is 22.8. The number of rotatable bonds is 5. The molecule has 2 unspecified atom stereocenters. The molecule has 0 spiro atoms. The Morgan fingerprint density at radius 2 is 2.11 bits per heavy atom. The zero-order chi connectivity index (χ0) is 19.9. The molecule has 1 N–H and O–H groups in total. The van der Waals surface area contributed by atoms with Gasteiger partial charge in [-0.05, 0) is 69.5 Å². The molecule has 2 heterocycles. The van der Waals surface area contributed by atoms with Crippen molar-refractivity contribution < 1.29 is 9.84 Å². The number of allylic oxidation sites excluding steroid dienone is 2. The van der Waals surface area contributed by atoms with Crippen LogP contribution < -0.4 is 4.74 Å². The highest BCUT2D eigenvalue weighted by Gasteiger charge is 2.45. The van der Waals surface area contributed by atoms with Gasteiger partial charge in [-0.2, -0.15) is 0 Å². The van der Waals surface area contributed by atoms with Gasteiger partial charge in [0.15, 0.2) is 0 Å². The van der Waals surface area contributed by atoms with Crippen LogP contribution in [0.5, 0.6) is 11.5 Å². The van der Waals surface area contributed by atoms with Crippen molar-refractivity contribution >= 4 is 11.3 Å². The first kappa shape index (κ1) is 19.6. The van der Waals surface area contributed by atoms with Gasteiger partial charge >= 0.3 is 0 Å². The third-order valence-corrected chi connectivity index (χ3v) is 7.43. The molecule has 0 saturated heterocycles. The molecule has 1 aliphatic carbocycles. The number of phenols is 1. The minimum absolute atomic E-state index is 0.216. The van der Waals surface area contributed by atoms with Crippen molar-refractivity contribution in [3.05, 3.63) is 46.4 Å². The Balaban J connectivity index is 1.89. The fourth-order valence-electron chi connectivity index (χ4n) is 5.07. The van der Waals surface area contributed by atoms with E-state index in [9.17, 15) is 5.11 Å². The van der Waals surface area contributed by atoms with E-state index < -0.39 is 0 Å². The Hall–Kier alpha value is -1.74. The van der Waals surface area contributed by atoms with E-state index >= 15 is 0 Å². The Bertz CT molecular complexity index is 876. The smallest absolute Gasteiger partial charge is 0.132 e. The average Bonchev–Trinajstić information content (AvgIpc) is 3.15. The number of hydrogen-bond acceptors (Lipinski definition) is 3. The number of thiophene rings is 1. The maximum absolute atomic E-state index is 11.5. The van der Waals surface area contributed by atoms with E-state index in [0.717, 1.165) is 47.4 Å². The van der Waals surface area contributed by atoms with Gasteiger partial charge in [0.1, 0.15) is 17.1 Å². The van der Waals surface area contributed by atoms with Crippen LogP contribution in [0, 0.1) is 5.92 Å². The van der Waals surface area contributed by atoms with Crippen molar-refractivity contribution in [2.24, 2.45) is 5.92 Å². The molecule has 2 aromatic rings. The summed E-state index contributed by atoms with van der Waals surface area (Å²) >= 11 is 1.71. The van der Waals surface area contributed by atoms with Crippen LogP contribution in [0.15, 0.2) is 35.2 Å². The van der Waals surface area contributed by atoms with E-state index in [1.165, 1.54) is 24.0 Å². The number of hydrogen-bond donors (Lipinski definition) is 1. The highest BCUT2D eigenvalue weighted by Crippen LogP contribution is 2.56. The fourth-order valence-corrected chi connectivity index (χ4v) is 5.88. The molecule has 0 saturated carbocycles. The van der Waals surface area contributed by atoms with E-state index in [1.807, 2.05) is 0 Å². The second-order valence-electron chi connectivity index (χ2n) is 8.99. The first-order valence-electron chi connectivity index (χ1n) is 10.7. The van der Waals surface area contributed by atoms with Crippen molar-refractivity contribution in [3.63, 3.8) is 0 Å². The van der Waals surface area contributed by atoms with Crippen LogP contribution in [0.1, 0.15) is 76.8 Å². The molecule has 3 heteroatoms. The van der Waals surface area contributed by atoms with Crippen molar-refractivity contribution in [1.82, 2.24) is 0 Å². The summed E-state index contributed by atoms with van der Waals surface area (Å²) in [5, 5.41) is 13.6.